The first-order chi connectivity index (χ1) is 9.63. The van der Waals surface area contributed by atoms with Gasteiger partial charge in [-0.15, -0.1) is 0 Å². The van der Waals surface area contributed by atoms with Crippen LogP contribution < -0.4 is 5.73 Å². The van der Waals surface area contributed by atoms with Crippen LogP contribution in [0.1, 0.15) is 64.1 Å². The topological polar surface area (TPSA) is 47.1 Å². The van der Waals surface area contributed by atoms with Gasteiger partial charge in [0.05, 0.1) is 11.7 Å². The van der Waals surface area contributed by atoms with E-state index >= 15 is 0 Å². The molecule has 1 saturated carbocycles. The molecule has 0 saturated heterocycles. The third-order valence-electron chi connectivity index (χ3n) is 4.76. The van der Waals surface area contributed by atoms with Crippen molar-refractivity contribution in [1.82, 2.24) is 14.7 Å². The predicted molar refractivity (Wildman–Crippen MR) is 83.5 cm³/mol. The van der Waals surface area contributed by atoms with Crippen LogP contribution in [-0.2, 0) is 6.54 Å². The normalized spacial score (nSPS) is 23.7. The molecule has 0 aromatic carbocycles. The summed E-state index contributed by atoms with van der Waals surface area (Å²) in [7, 11) is 2.22. The van der Waals surface area contributed by atoms with Crippen molar-refractivity contribution in [2.45, 2.75) is 77.0 Å². The summed E-state index contributed by atoms with van der Waals surface area (Å²) in [6.07, 6.45) is 9.21. The van der Waals surface area contributed by atoms with E-state index in [1.165, 1.54) is 18.5 Å². The van der Waals surface area contributed by atoms with Crippen LogP contribution in [0.3, 0.4) is 0 Å². The van der Waals surface area contributed by atoms with E-state index in [0.717, 1.165) is 32.2 Å². The minimum Gasteiger partial charge on any atom is -0.328 e. The lowest BCUT2D eigenvalue weighted by Gasteiger charge is -2.33. The van der Waals surface area contributed by atoms with Crippen LogP contribution >= 0.6 is 0 Å². The minimum atomic E-state index is 0.425. The Labute approximate surface area is 123 Å². The number of nitrogens with two attached hydrogens (primary N) is 1. The highest BCUT2D eigenvalue weighted by Gasteiger charge is 2.22. The predicted octanol–water partition coefficient (Wildman–Crippen LogP) is 2.95. The molecule has 0 bridgehead atoms. The molecule has 1 aliphatic rings. The van der Waals surface area contributed by atoms with Crippen molar-refractivity contribution in [1.29, 1.82) is 0 Å². The Morgan fingerprint density at radius 1 is 1.30 bits per heavy atom. The van der Waals surface area contributed by atoms with E-state index in [9.17, 15) is 0 Å². The maximum atomic E-state index is 5.98. The molecule has 20 heavy (non-hydrogen) atoms. The number of rotatable bonds is 6. The molecule has 1 aromatic heterocycles. The summed E-state index contributed by atoms with van der Waals surface area (Å²) in [6, 6.07) is 3.81. The Kier molecular flexibility index (Phi) is 5.61. The summed E-state index contributed by atoms with van der Waals surface area (Å²) < 4.78 is 2.14. The number of nitrogens with zero attached hydrogens (tertiary/aromatic N) is 3. The molecule has 0 unspecified atom stereocenters. The fraction of sp³-hybridized carbons (Fsp3) is 0.812. The molecule has 0 atom stereocenters. The molecular weight excluding hydrogens is 248 g/mol. The van der Waals surface area contributed by atoms with Crippen LogP contribution in [-0.4, -0.2) is 33.8 Å². The summed E-state index contributed by atoms with van der Waals surface area (Å²) in [4.78, 5) is 2.45. The van der Waals surface area contributed by atoms with Gasteiger partial charge in [-0.1, -0.05) is 13.8 Å². The van der Waals surface area contributed by atoms with Crippen LogP contribution in [0.4, 0.5) is 0 Å². The van der Waals surface area contributed by atoms with E-state index in [0.29, 0.717) is 18.1 Å². The smallest absolute Gasteiger partial charge is 0.0764 e. The first kappa shape index (κ1) is 15.5. The summed E-state index contributed by atoms with van der Waals surface area (Å²) in [6.45, 7) is 5.41. The van der Waals surface area contributed by atoms with E-state index < -0.39 is 0 Å². The molecule has 1 fully saturated rings. The molecule has 114 valence electrons. The van der Waals surface area contributed by atoms with Gasteiger partial charge in [0.2, 0.25) is 0 Å². The molecule has 1 aliphatic carbocycles. The van der Waals surface area contributed by atoms with E-state index in [1.54, 1.807) is 0 Å². The van der Waals surface area contributed by atoms with Crippen molar-refractivity contribution in [2.75, 3.05) is 7.05 Å². The first-order valence-corrected chi connectivity index (χ1v) is 8.13. The zero-order valence-corrected chi connectivity index (χ0v) is 13.3. The van der Waals surface area contributed by atoms with Crippen molar-refractivity contribution < 1.29 is 0 Å². The zero-order chi connectivity index (χ0) is 14.5. The highest BCUT2D eigenvalue weighted by Crippen LogP contribution is 2.22. The minimum absolute atomic E-state index is 0.425. The van der Waals surface area contributed by atoms with Gasteiger partial charge in [0, 0.05) is 24.8 Å². The van der Waals surface area contributed by atoms with Gasteiger partial charge >= 0.3 is 0 Å². The van der Waals surface area contributed by atoms with Gasteiger partial charge in [0.25, 0.3) is 0 Å². The quantitative estimate of drug-likeness (QED) is 0.870. The molecule has 2 rings (SSSR count). The second kappa shape index (κ2) is 7.23. The van der Waals surface area contributed by atoms with Crippen molar-refractivity contribution >= 4 is 0 Å². The third kappa shape index (κ3) is 3.83. The van der Waals surface area contributed by atoms with E-state index in [4.69, 9.17) is 10.8 Å². The van der Waals surface area contributed by atoms with Gasteiger partial charge in [-0.3, -0.25) is 9.58 Å². The van der Waals surface area contributed by atoms with Crippen molar-refractivity contribution in [3.63, 3.8) is 0 Å². The lowest BCUT2D eigenvalue weighted by molar-refractivity contribution is 0.174. The van der Waals surface area contributed by atoms with Crippen LogP contribution in [0.2, 0.25) is 0 Å². The molecule has 0 aliphatic heterocycles. The Balaban J connectivity index is 1.89. The maximum Gasteiger partial charge on any atom is 0.0764 e. The third-order valence-corrected chi connectivity index (χ3v) is 4.76. The van der Waals surface area contributed by atoms with Gasteiger partial charge in [0.1, 0.15) is 0 Å². The van der Waals surface area contributed by atoms with Gasteiger partial charge in [-0.05, 0) is 51.6 Å². The Morgan fingerprint density at radius 2 is 1.95 bits per heavy atom. The van der Waals surface area contributed by atoms with E-state index in [2.05, 4.69) is 42.7 Å². The standard InChI is InChI=1S/C16H30N4/c1-4-15(5-2)20-11-10-14(18-20)12-19(3)16-8-6-13(17)7-9-16/h10-11,13,15-16H,4-9,12,17H2,1-3H3. The first-order valence-electron chi connectivity index (χ1n) is 8.13. The Bertz CT molecular complexity index is 389. The molecular formula is C16H30N4. The number of aromatic nitrogens is 2. The fourth-order valence-corrected chi connectivity index (χ4v) is 3.25. The van der Waals surface area contributed by atoms with Crippen LogP contribution in [0.15, 0.2) is 12.3 Å². The van der Waals surface area contributed by atoms with Crippen molar-refractivity contribution in [2.24, 2.45) is 5.73 Å². The van der Waals surface area contributed by atoms with Crippen molar-refractivity contribution in [3.05, 3.63) is 18.0 Å². The largest absolute Gasteiger partial charge is 0.328 e. The molecule has 4 nitrogen and oxygen atoms in total. The Morgan fingerprint density at radius 3 is 2.55 bits per heavy atom. The van der Waals surface area contributed by atoms with E-state index in [1.807, 2.05) is 0 Å². The molecule has 0 radical (unpaired) electrons. The molecule has 1 heterocycles. The lowest BCUT2D eigenvalue weighted by Crippen LogP contribution is -2.38. The molecule has 1 aromatic rings. The molecule has 4 heteroatoms. The zero-order valence-electron chi connectivity index (χ0n) is 13.3. The van der Waals surface area contributed by atoms with Gasteiger partial charge in [0.15, 0.2) is 0 Å². The van der Waals surface area contributed by atoms with Crippen LogP contribution in [0, 0.1) is 0 Å². The summed E-state index contributed by atoms with van der Waals surface area (Å²) in [5.41, 5.74) is 7.17. The maximum absolute atomic E-state index is 5.98. The Hall–Kier alpha value is -0.870. The highest BCUT2D eigenvalue weighted by atomic mass is 15.3. The lowest BCUT2D eigenvalue weighted by atomic mass is 9.91. The van der Waals surface area contributed by atoms with Gasteiger partial charge in [-0.2, -0.15) is 5.10 Å². The average Bonchev–Trinajstić information content (AvgIpc) is 2.89. The van der Waals surface area contributed by atoms with Gasteiger partial charge < -0.3 is 5.73 Å². The monoisotopic (exact) mass is 278 g/mol. The second-order valence-electron chi connectivity index (χ2n) is 6.24. The SMILES string of the molecule is CCC(CC)n1ccc(CN(C)C2CCC(N)CC2)n1. The summed E-state index contributed by atoms with van der Waals surface area (Å²) in [5, 5.41) is 4.75. The average molecular weight is 278 g/mol. The van der Waals surface area contributed by atoms with Gasteiger partial charge in [-0.25, -0.2) is 0 Å². The highest BCUT2D eigenvalue weighted by molar-refractivity contribution is 5.00. The molecule has 0 amide bonds. The molecule has 0 spiro atoms. The van der Waals surface area contributed by atoms with Crippen LogP contribution in [0.5, 0.6) is 0 Å². The number of hydrogen-bond donors (Lipinski definition) is 1. The van der Waals surface area contributed by atoms with Crippen LogP contribution in [0.25, 0.3) is 0 Å². The second-order valence-corrected chi connectivity index (χ2v) is 6.24. The number of hydrogen-bond acceptors (Lipinski definition) is 3. The molecule has 2 N–H and O–H groups in total. The van der Waals surface area contributed by atoms with E-state index in [-0.39, 0.29) is 0 Å². The summed E-state index contributed by atoms with van der Waals surface area (Å²) >= 11 is 0. The fourth-order valence-electron chi connectivity index (χ4n) is 3.25. The summed E-state index contributed by atoms with van der Waals surface area (Å²) in [5.74, 6) is 0. The van der Waals surface area contributed by atoms with Crippen molar-refractivity contribution in [3.8, 4) is 0 Å².